The summed E-state index contributed by atoms with van der Waals surface area (Å²) in [5.74, 6) is -1.72. The largest absolute Gasteiger partial charge is 0.481 e. The Hall–Kier alpha value is -3.31. The molecule has 1 unspecified atom stereocenters. The third kappa shape index (κ3) is 10.4. The molecule has 0 bridgehead atoms. The molecule has 1 aromatic heterocycles. The van der Waals surface area contributed by atoms with Gasteiger partial charge in [-0.1, -0.05) is 70.7 Å². The number of nitrogens with zero attached hydrogens (tertiary/aromatic N) is 2. The van der Waals surface area contributed by atoms with Crippen LogP contribution in [0.2, 0.25) is 0 Å². The first-order valence-corrected chi connectivity index (χ1v) is 16.0. The Morgan fingerprint density at radius 1 is 1.02 bits per heavy atom. The second-order valence-electron chi connectivity index (χ2n) is 12.5. The fourth-order valence-electron chi connectivity index (χ4n) is 5.28. The molecule has 2 heterocycles. The van der Waals surface area contributed by atoms with Crippen LogP contribution in [0, 0.1) is 12.3 Å². The molecule has 1 aliphatic rings. The lowest BCUT2D eigenvalue weighted by atomic mass is 9.85. The van der Waals surface area contributed by atoms with Crippen LogP contribution in [0.3, 0.4) is 0 Å². The molecule has 4 N–H and O–H groups in total. The number of aryl methyl sites for hydroxylation is 1. The third-order valence-electron chi connectivity index (χ3n) is 7.76. The van der Waals surface area contributed by atoms with E-state index in [1.54, 1.807) is 11.3 Å². The van der Waals surface area contributed by atoms with Gasteiger partial charge in [0.15, 0.2) is 0 Å². The zero-order valence-electron chi connectivity index (χ0n) is 25.7. The summed E-state index contributed by atoms with van der Waals surface area (Å²) in [6, 6.07) is 6.22. The standard InChI is InChI=1S/C32H46N4O6S/c1-21-28(43-20-34-21)23-15-13-22(14-16-23)18-33-30(41)25-17-24(37)19-36(25)31(42)29(32(2,3)4)35-26(38)11-9-7-5-6-8-10-12-27(39)40/h13-16,20,24-25,29,37H,5-12,17-19H2,1-4H3,(H,33,41)(H,35,38)(H,39,40)/t24?,25-,29+/m0/s1. The van der Waals surface area contributed by atoms with Gasteiger partial charge in [0, 0.05) is 32.4 Å². The zero-order valence-corrected chi connectivity index (χ0v) is 26.5. The first-order valence-electron chi connectivity index (χ1n) is 15.1. The van der Waals surface area contributed by atoms with Crippen LogP contribution in [0.1, 0.15) is 89.8 Å². The van der Waals surface area contributed by atoms with E-state index in [4.69, 9.17) is 5.11 Å². The van der Waals surface area contributed by atoms with E-state index in [9.17, 15) is 24.3 Å². The molecular weight excluding hydrogens is 568 g/mol. The average molecular weight is 615 g/mol. The van der Waals surface area contributed by atoms with Crippen LogP contribution in [-0.2, 0) is 25.7 Å². The second-order valence-corrected chi connectivity index (χ2v) is 13.3. The van der Waals surface area contributed by atoms with Crippen LogP contribution in [-0.4, -0.2) is 68.5 Å². The van der Waals surface area contributed by atoms with Gasteiger partial charge in [-0.05, 0) is 36.3 Å². The fourth-order valence-corrected chi connectivity index (χ4v) is 6.09. The van der Waals surface area contributed by atoms with Crippen LogP contribution in [0.5, 0.6) is 0 Å². The van der Waals surface area contributed by atoms with Gasteiger partial charge in [-0.15, -0.1) is 11.3 Å². The van der Waals surface area contributed by atoms with Crippen LogP contribution < -0.4 is 10.6 Å². The molecule has 0 saturated carbocycles. The number of benzene rings is 1. The van der Waals surface area contributed by atoms with Crippen molar-refractivity contribution >= 4 is 35.0 Å². The molecule has 236 valence electrons. The van der Waals surface area contributed by atoms with Crippen molar-refractivity contribution in [2.24, 2.45) is 5.41 Å². The van der Waals surface area contributed by atoms with E-state index >= 15 is 0 Å². The molecule has 11 heteroatoms. The molecule has 0 spiro atoms. The van der Waals surface area contributed by atoms with E-state index in [1.807, 2.05) is 57.5 Å². The van der Waals surface area contributed by atoms with Crippen molar-refractivity contribution in [1.82, 2.24) is 20.5 Å². The Morgan fingerprint density at radius 3 is 2.23 bits per heavy atom. The van der Waals surface area contributed by atoms with Crippen LogP contribution in [0.25, 0.3) is 10.4 Å². The van der Waals surface area contributed by atoms with Crippen LogP contribution >= 0.6 is 11.3 Å². The number of aliphatic carboxylic acids is 1. The smallest absolute Gasteiger partial charge is 0.303 e. The third-order valence-corrected chi connectivity index (χ3v) is 8.73. The number of unbranched alkanes of at least 4 members (excludes halogenated alkanes) is 5. The highest BCUT2D eigenvalue weighted by Crippen LogP contribution is 2.28. The molecule has 0 aliphatic carbocycles. The summed E-state index contributed by atoms with van der Waals surface area (Å²) < 4.78 is 0. The van der Waals surface area contributed by atoms with E-state index in [-0.39, 0.29) is 50.1 Å². The highest BCUT2D eigenvalue weighted by atomic mass is 32.1. The summed E-state index contributed by atoms with van der Waals surface area (Å²) in [5.41, 5.74) is 4.16. The van der Waals surface area contributed by atoms with Gasteiger partial charge in [0.25, 0.3) is 0 Å². The first kappa shape index (κ1) is 34.2. The highest BCUT2D eigenvalue weighted by Gasteiger charge is 2.44. The van der Waals surface area contributed by atoms with E-state index < -0.39 is 29.6 Å². The minimum atomic E-state index is -0.848. The number of hydrogen-bond acceptors (Lipinski definition) is 7. The number of hydrogen-bond donors (Lipinski definition) is 4. The van der Waals surface area contributed by atoms with E-state index in [1.165, 1.54) is 4.90 Å². The number of aromatic nitrogens is 1. The number of aliphatic hydroxyl groups excluding tert-OH is 1. The number of β-amino-alcohol motifs (C(OH)–C–C–N with tert-alkyl or cyclic N) is 1. The molecule has 2 aromatic rings. The van der Waals surface area contributed by atoms with Gasteiger partial charge in [0.2, 0.25) is 17.7 Å². The average Bonchev–Trinajstić information content (AvgIpc) is 3.56. The molecule has 1 aromatic carbocycles. The lowest BCUT2D eigenvalue weighted by Crippen LogP contribution is -2.57. The van der Waals surface area contributed by atoms with Gasteiger partial charge in [0.05, 0.1) is 22.2 Å². The predicted octanol–water partition coefficient (Wildman–Crippen LogP) is 4.43. The summed E-state index contributed by atoms with van der Waals surface area (Å²) >= 11 is 1.58. The maximum absolute atomic E-state index is 13.7. The molecule has 1 fully saturated rings. The summed E-state index contributed by atoms with van der Waals surface area (Å²) in [6.45, 7) is 7.89. The molecule has 0 radical (unpaired) electrons. The molecular formula is C32H46N4O6S. The number of carbonyl (C=O) groups is 4. The Labute approximate surface area is 258 Å². The molecule has 3 atom stereocenters. The normalized spacial score (nSPS) is 17.5. The van der Waals surface area contributed by atoms with Gasteiger partial charge < -0.3 is 25.7 Å². The van der Waals surface area contributed by atoms with Gasteiger partial charge in [-0.25, -0.2) is 4.98 Å². The summed E-state index contributed by atoms with van der Waals surface area (Å²) in [5, 5.41) is 24.9. The molecule has 1 aliphatic heterocycles. The first-order chi connectivity index (χ1) is 20.4. The Bertz CT molecular complexity index is 1240. The lowest BCUT2D eigenvalue weighted by molar-refractivity contribution is -0.144. The maximum Gasteiger partial charge on any atom is 0.303 e. The van der Waals surface area contributed by atoms with Crippen molar-refractivity contribution in [3.8, 4) is 10.4 Å². The Morgan fingerprint density at radius 2 is 1.65 bits per heavy atom. The minimum Gasteiger partial charge on any atom is -0.481 e. The highest BCUT2D eigenvalue weighted by molar-refractivity contribution is 7.13. The monoisotopic (exact) mass is 614 g/mol. The van der Waals surface area contributed by atoms with Crippen molar-refractivity contribution in [2.45, 2.75) is 110 Å². The van der Waals surface area contributed by atoms with E-state index in [0.29, 0.717) is 12.8 Å². The van der Waals surface area contributed by atoms with Crippen molar-refractivity contribution < 1.29 is 29.4 Å². The van der Waals surface area contributed by atoms with Crippen molar-refractivity contribution in [1.29, 1.82) is 0 Å². The number of nitrogens with one attached hydrogen (secondary N) is 2. The number of carboxylic acid groups (broad SMARTS) is 1. The van der Waals surface area contributed by atoms with Crippen molar-refractivity contribution in [2.75, 3.05) is 6.54 Å². The number of likely N-dealkylation sites (tertiary alicyclic amines) is 1. The topological polar surface area (TPSA) is 149 Å². The number of carbonyl (C=O) groups excluding carboxylic acids is 3. The summed E-state index contributed by atoms with van der Waals surface area (Å²) in [4.78, 5) is 57.2. The molecule has 10 nitrogen and oxygen atoms in total. The quantitative estimate of drug-likeness (QED) is 0.217. The van der Waals surface area contributed by atoms with Crippen LogP contribution in [0.4, 0.5) is 0 Å². The molecule has 3 amide bonds. The van der Waals surface area contributed by atoms with E-state index in [0.717, 1.165) is 47.4 Å². The number of aliphatic hydroxyl groups is 1. The summed E-state index contributed by atoms with van der Waals surface area (Å²) in [6.07, 6.45) is 4.67. The SMILES string of the molecule is Cc1ncsc1-c1ccc(CNC(=O)[C@@H]2CC(O)CN2C(=O)[C@@H](NC(=O)CCCCCCCCC(=O)O)C(C)(C)C)cc1. The van der Waals surface area contributed by atoms with Crippen molar-refractivity contribution in [3.63, 3.8) is 0 Å². The number of thiazole rings is 1. The fraction of sp³-hybridized carbons (Fsp3) is 0.594. The maximum atomic E-state index is 13.7. The van der Waals surface area contributed by atoms with Crippen LogP contribution in [0.15, 0.2) is 29.8 Å². The Kier molecular flexibility index (Phi) is 12.7. The number of rotatable bonds is 15. The van der Waals surface area contributed by atoms with Gasteiger partial charge >= 0.3 is 5.97 Å². The summed E-state index contributed by atoms with van der Waals surface area (Å²) in [7, 11) is 0. The molecule has 43 heavy (non-hydrogen) atoms. The minimum absolute atomic E-state index is 0.0319. The van der Waals surface area contributed by atoms with Crippen molar-refractivity contribution in [3.05, 3.63) is 41.0 Å². The Balaban J connectivity index is 1.53. The zero-order chi connectivity index (χ0) is 31.6. The lowest BCUT2D eigenvalue weighted by Gasteiger charge is -2.35. The number of amides is 3. The molecule has 1 saturated heterocycles. The number of carboxylic acids is 1. The second kappa shape index (κ2) is 16.0. The van der Waals surface area contributed by atoms with Gasteiger partial charge in [-0.3, -0.25) is 19.2 Å². The van der Waals surface area contributed by atoms with Gasteiger partial charge in [-0.2, -0.15) is 0 Å². The van der Waals surface area contributed by atoms with E-state index in [2.05, 4.69) is 15.6 Å². The predicted molar refractivity (Wildman–Crippen MR) is 166 cm³/mol. The molecule has 3 rings (SSSR count). The van der Waals surface area contributed by atoms with Gasteiger partial charge in [0.1, 0.15) is 12.1 Å².